The number of hydrogen-bond donors (Lipinski definition) is 0. The Morgan fingerprint density at radius 2 is 1.69 bits per heavy atom. The fourth-order valence-electron chi connectivity index (χ4n) is 5.50. The first-order valence-electron chi connectivity index (χ1n) is 14.5. The maximum atomic E-state index is 14.2. The lowest BCUT2D eigenvalue weighted by Crippen LogP contribution is -2.40. The number of esters is 2. The van der Waals surface area contributed by atoms with E-state index in [1.807, 2.05) is 36.4 Å². The zero-order chi connectivity index (χ0) is 31.7. The third-order valence-electron chi connectivity index (χ3n) is 7.52. The molecule has 0 aliphatic carbocycles. The molecule has 1 aliphatic heterocycles. The lowest BCUT2D eigenvalue weighted by atomic mass is 9.90. The van der Waals surface area contributed by atoms with Crippen LogP contribution in [0.5, 0.6) is 5.75 Å². The van der Waals surface area contributed by atoms with E-state index in [-0.39, 0.29) is 23.7 Å². The van der Waals surface area contributed by atoms with Gasteiger partial charge in [0.25, 0.3) is 5.56 Å². The number of carbonyl (C=O) groups is 2. The van der Waals surface area contributed by atoms with Gasteiger partial charge in [0.2, 0.25) is 0 Å². The van der Waals surface area contributed by atoms with E-state index in [4.69, 9.17) is 18.6 Å². The summed E-state index contributed by atoms with van der Waals surface area (Å²) in [5.41, 5.74) is 2.30. The molecule has 0 bridgehead atoms. The Hall–Kier alpha value is -5.22. The Morgan fingerprint density at radius 3 is 2.42 bits per heavy atom. The van der Waals surface area contributed by atoms with Crippen molar-refractivity contribution in [3.63, 3.8) is 0 Å². The van der Waals surface area contributed by atoms with Crippen molar-refractivity contribution in [1.82, 2.24) is 4.57 Å². The fourth-order valence-corrected chi connectivity index (χ4v) is 6.53. The van der Waals surface area contributed by atoms with Crippen molar-refractivity contribution in [3.05, 3.63) is 121 Å². The lowest BCUT2D eigenvalue weighted by Gasteiger charge is -2.27. The van der Waals surface area contributed by atoms with E-state index in [9.17, 15) is 14.4 Å². The Balaban J connectivity index is 1.48. The maximum Gasteiger partial charge on any atom is 0.338 e. The number of fused-ring (bicyclic) bond motifs is 2. The lowest BCUT2D eigenvalue weighted by molar-refractivity contribution is -0.139. The average Bonchev–Trinajstić information content (AvgIpc) is 3.64. The van der Waals surface area contributed by atoms with Gasteiger partial charge in [-0.15, -0.1) is 0 Å². The molecule has 2 aromatic heterocycles. The molecule has 0 spiro atoms. The van der Waals surface area contributed by atoms with E-state index >= 15 is 0 Å². The van der Waals surface area contributed by atoms with Crippen LogP contribution in [-0.4, -0.2) is 36.8 Å². The van der Waals surface area contributed by atoms with Crippen molar-refractivity contribution in [2.24, 2.45) is 4.99 Å². The molecule has 45 heavy (non-hydrogen) atoms. The van der Waals surface area contributed by atoms with Crippen LogP contribution in [0.1, 0.15) is 48.5 Å². The molecule has 1 atom stereocenters. The van der Waals surface area contributed by atoms with Gasteiger partial charge in [-0.3, -0.25) is 9.36 Å². The van der Waals surface area contributed by atoms with Crippen molar-refractivity contribution in [2.45, 2.75) is 26.8 Å². The van der Waals surface area contributed by atoms with Gasteiger partial charge < -0.3 is 18.6 Å². The molecule has 0 saturated carbocycles. The van der Waals surface area contributed by atoms with Gasteiger partial charge in [-0.1, -0.05) is 53.8 Å². The minimum absolute atomic E-state index is 0.172. The molecule has 3 heterocycles. The number of aromatic nitrogens is 1. The molecule has 3 aromatic carbocycles. The van der Waals surface area contributed by atoms with Crippen LogP contribution >= 0.6 is 11.3 Å². The van der Waals surface area contributed by atoms with E-state index in [1.54, 1.807) is 70.4 Å². The van der Waals surface area contributed by atoms with Crippen LogP contribution in [-0.2, 0) is 14.3 Å². The molecule has 1 aliphatic rings. The molecule has 0 saturated heterocycles. The average molecular weight is 623 g/mol. The van der Waals surface area contributed by atoms with E-state index in [0.717, 1.165) is 16.3 Å². The highest BCUT2D eigenvalue weighted by molar-refractivity contribution is 7.07. The van der Waals surface area contributed by atoms with Crippen LogP contribution in [0.15, 0.2) is 98.3 Å². The predicted octanol–water partition coefficient (Wildman–Crippen LogP) is 5.40. The van der Waals surface area contributed by atoms with Crippen molar-refractivity contribution in [3.8, 4) is 17.1 Å². The zero-order valence-electron chi connectivity index (χ0n) is 25.2. The van der Waals surface area contributed by atoms with Crippen LogP contribution in [0.2, 0.25) is 0 Å². The second-order valence-electron chi connectivity index (χ2n) is 10.2. The second kappa shape index (κ2) is 12.4. The van der Waals surface area contributed by atoms with Crippen molar-refractivity contribution in [2.75, 3.05) is 20.3 Å². The SMILES string of the molecule is CCOC(=O)C1=C(C)N=c2s/c(=C\c3ccc(-c4ccc(C(=O)OCC)cc4)o3)c(=O)n2C1c1c(OC)ccc2ccccc12. The predicted molar refractivity (Wildman–Crippen MR) is 171 cm³/mol. The highest BCUT2D eigenvalue weighted by Gasteiger charge is 2.36. The number of ether oxygens (including phenoxy) is 3. The molecule has 5 aromatic rings. The Bertz CT molecular complexity index is 2150. The quantitative estimate of drug-likeness (QED) is 0.213. The summed E-state index contributed by atoms with van der Waals surface area (Å²) in [4.78, 5) is 44.8. The van der Waals surface area contributed by atoms with Gasteiger partial charge in [-0.2, -0.15) is 0 Å². The molecule has 0 N–H and O–H groups in total. The van der Waals surface area contributed by atoms with Crippen LogP contribution < -0.4 is 19.6 Å². The topological polar surface area (TPSA) is 109 Å². The summed E-state index contributed by atoms with van der Waals surface area (Å²) < 4.78 is 24.3. The molecule has 1 unspecified atom stereocenters. The molecule has 0 amide bonds. The molecule has 9 nitrogen and oxygen atoms in total. The number of rotatable bonds is 8. The van der Waals surface area contributed by atoms with Gasteiger partial charge >= 0.3 is 11.9 Å². The van der Waals surface area contributed by atoms with Crippen molar-refractivity contribution >= 4 is 40.1 Å². The first-order chi connectivity index (χ1) is 21.8. The van der Waals surface area contributed by atoms with E-state index in [2.05, 4.69) is 4.99 Å². The Labute approximate surface area is 262 Å². The first kappa shape index (κ1) is 29.8. The molecule has 10 heteroatoms. The summed E-state index contributed by atoms with van der Waals surface area (Å²) in [7, 11) is 1.57. The number of thiazole rings is 1. The number of methoxy groups -OCH3 is 1. The van der Waals surface area contributed by atoms with Crippen molar-refractivity contribution in [1.29, 1.82) is 0 Å². The van der Waals surface area contributed by atoms with E-state index in [0.29, 0.717) is 50.0 Å². The van der Waals surface area contributed by atoms with Crippen molar-refractivity contribution < 1.29 is 28.2 Å². The summed E-state index contributed by atoms with van der Waals surface area (Å²) in [5, 5.41) is 1.78. The minimum atomic E-state index is -0.839. The number of carbonyl (C=O) groups excluding carboxylic acids is 2. The van der Waals surface area contributed by atoms with Gasteiger partial charge in [0.15, 0.2) is 4.80 Å². The van der Waals surface area contributed by atoms with Gasteiger partial charge in [0.05, 0.1) is 41.7 Å². The highest BCUT2D eigenvalue weighted by atomic mass is 32.1. The molecule has 6 rings (SSSR count). The fraction of sp³-hybridized carbons (Fsp3) is 0.200. The monoisotopic (exact) mass is 622 g/mol. The molecular weight excluding hydrogens is 592 g/mol. The third-order valence-corrected chi connectivity index (χ3v) is 8.50. The van der Waals surface area contributed by atoms with Crippen LogP contribution in [0.3, 0.4) is 0 Å². The molecule has 0 fully saturated rings. The summed E-state index contributed by atoms with van der Waals surface area (Å²) >= 11 is 1.21. The third kappa shape index (κ3) is 5.49. The standard InChI is InChI=1S/C35H30N2O7S/c1-5-42-33(39)23-13-11-22(12-14-23)26-18-16-24(44-26)19-28-32(38)37-31(29(34(40)43-6-2)20(3)36-35(37)45-28)30-25-10-8-7-9-21(25)15-17-27(30)41-4/h7-19,31H,5-6H2,1-4H3/b28-19-. The highest BCUT2D eigenvalue weighted by Crippen LogP contribution is 2.40. The van der Waals surface area contributed by atoms with Gasteiger partial charge in [0, 0.05) is 17.2 Å². The first-order valence-corrected chi connectivity index (χ1v) is 15.3. The molecule has 228 valence electrons. The van der Waals surface area contributed by atoms with Crippen LogP contribution in [0, 0.1) is 0 Å². The summed E-state index contributed by atoms with van der Waals surface area (Å²) in [6.07, 6.45) is 1.67. The largest absolute Gasteiger partial charge is 0.496 e. The summed E-state index contributed by atoms with van der Waals surface area (Å²) in [5.74, 6) is 0.640. The van der Waals surface area contributed by atoms with Gasteiger partial charge in [-0.25, -0.2) is 14.6 Å². The van der Waals surface area contributed by atoms with E-state index < -0.39 is 12.0 Å². The second-order valence-corrected chi connectivity index (χ2v) is 11.2. The minimum Gasteiger partial charge on any atom is -0.496 e. The summed E-state index contributed by atoms with van der Waals surface area (Å²) in [6.45, 7) is 5.72. The number of allylic oxidation sites excluding steroid dienone is 1. The number of nitrogens with zero attached hydrogens (tertiary/aromatic N) is 2. The number of hydrogen-bond acceptors (Lipinski definition) is 9. The molecular formula is C35H30N2O7S. The smallest absolute Gasteiger partial charge is 0.338 e. The molecule has 0 radical (unpaired) electrons. The van der Waals surface area contributed by atoms with Crippen LogP contribution in [0.4, 0.5) is 0 Å². The van der Waals surface area contributed by atoms with Crippen LogP contribution in [0.25, 0.3) is 28.2 Å². The number of furan rings is 1. The zero-order valence-corrected chi connectivity index (χ0v) is 26.0. The Morgan fingerprint density at radius 1 is 0.956 bits per heavy atom. The van der Waals surface area contributed by atoms with Gasteiger partial charge in [-0.05, 0) is 61.9 Å². The van der Waals surface area contributed by atoms with E-state index in [1.165, 1.54) is 15.9 Å². The van der Waals surface area contributed by atoms with Gasteiger partial charge in [0.1, 0.15) is 23.3 Å². The Kier molecular flexibility index (Phi) is 8.23. The summed E-state index contributed by atoms with van der Waals surface area (Å²) in [6, 6.07) is 21.2. The number of benzene rings is 3. The maximum absolute atomic E-state index is 14.2. The normalized spacial score (nSPS) is 14.7.